The van der Waals surface area contributed by atoms with Crippen LogP contribution in [0.25, 0.3) is 10.9 Å². The van der Waals surface area contributed by atoms with Gasteiger partial charge < -0.3 is 14.4 Å². The second kappa shape index (κ2) is 9.84. The number of fused-ring (bicyclic) bond motifs is 1. The lowest BCUT2D eigenvalue weighted by molar-refractivity contribution is 0.0655. The van der Waals surface area contributed by atoms with Crippen LogP contribution < -0.4 is 0 Å². The van der Waals surface area contributed by atoms with Crippen molar-refractivity contribution >= 4 is 16.8 Å². The van der Waals surface area contributed by atoms with Crippen LogP contribution in [-0.4, -0.2) is 81.5 Å². The molecule has 0 N–H and O–H groups in total. The Morgan fingerprint density at radius 3 is 2.32 bits per heavy atom. The number of rotatable bonds is 5. The topological polar surface area (TPSA) is 57.5 Å². The van der Waals surface area contributed by atoms with Gasteiger partial charge in [-0.2, -0.15) is 0 Å². The first-order valence-corrected chi connectivity index (χ1v) is 12.6. The van der Waals surface area contributed by atoms with Crippen molar-refractivity contribution in [2.75, 3.05) is 46.3 Å². The fourth-order valence-corrected chi connectivity index (χ4v) is 5.30. The minimum Gasteiger partial charge on any atom is -0.340 e. The van der Waals surface area contributed by atoms with Gasteiger partial charge in [-0.25, -0.2) is 0 Å². The van der Waals surface area contributed by atoms with E-state index in [0.29, 0.717) is 5.92 Å². The minimum atomic E-state index is 0.150. The van der Waals surface area contributed by atoms with Gasteiger partial charge in [-0.15, -0.1) is 0 Å². The van der Waals surface area contributed by atoms with Crippen LogP contribution in [0.15, 0.2) is 36.7 Å². The number of piperazine rings is 1. The Balaban J connectivity index is 1.24. The SMILES string of the molecule is CCc1cnc(CN2CCC(c3ccc4c(c3)cc(C(=O)N3CCN(C)CC3)n4C)CC2)cn1. The Hall–Kier alpha value is -2.77. The molecule has 2 fully saturated rings. The zero-order valence-electron chi connectivity index (χ0n) is 20.7. The lowest BCUT2D eigenvalue weighted by Gasteiger charge is -2.32. The van der Waals surface area contributed by atoms with Crippen LogP contribution in [0.4, 0.5) is 0 Å². The van der Waals surface area contributed by atoms with Crippen molar-refractivity contribution in [2.45, 2.75) is 38.6 Å². The first-order chi connectivity index (χ1) is 16.5. The van der Waals surface area contributed by atoms with E-state index >= 15 is 0 Å². The van der Waals surface area contributed by atoms with Gasteiger partial charge in [-0.05, 0) is 69.1 Å². The second-order valence-corrected chi connectivity index (χ2v) is 9.91. The summed E-state index contributed by atoms with van der Waals surface area (Å²) in [5, 5.41) is 1.17. The first-order valence-electron chi connectivity index (χ1n) is 12.6. The van der Waals surface area contributed by atoms with Crippen LogP contribution in [0.5, 0.6) is 0 Å². The normalized spacial score (nSPS) is 18.6. The summed E-state index contributed by atoms with van der Waals surface area (Å²) in [6, 6.07) is 8.86. The van der Waals surface area contributed by atoms with Crippen molar-refractivity contribution in [3.05, 3.63) is 59.3 Å². The molecule has 0 radical (unpaired) electrons. The van der Waals surface area contributed by atoms with Gasteiger partial charge in [0.25, 0.3) is 5.91 Å². The fraction of sp³-hybridized carbons (Fsp3) is 0.519. The van der Waals surface area contributed by atoms with Gasteiger partial charge >= 0.3 is 0 Å². The molecular formula is C27H36N6O. The Labute approximate surface area is 202 Å². The largest absolute Gasteiger partial charge is 0.340 e. The summed E-state index contributed by atoms with van der Waals surface area (Å²) in [6.07, 6.45) is 7.04. The number of likely N-dealkylation sites (tertiary alicyclic amines) is 1. The molecular weight excluding hydrogens is 424 g/mol. The van der Waals surface area contributed by atoms with E-state index in [-0.39, 0.29) is 5.91 Å². The highest BCUT2D eigenvalue weighted by Crippen LogP contribution is 2.31. The average Bonchev–Trinajstić information content (AvgIpc) is 3.20. The molecule has 0 atom stereocenters. The Morgan fingerprint density at radius 2 is 1.65 bits per heavy atom. The van der Waals surface area contributed by atoms with Crippen LogP contribution >= 0.6 is 0 Å². The number of carbonyl (C=O) groups excluding carboxylic acids is 1. The summed E-state index contributed by atoms with van der Waals surface area (Å²) in [7, 11) is 4.13. The summed E-state index contributed by atoms with van der Waals surface area (Å²) in [5.74, 6) is 0.711. The van der Waals surface area contributed by atoms with Gasteiger partial charge in [0.1, 0.15) is 5.69 Å². The van der Waals surface area contributed by atoms with Crippen molar-refractivity contribution < 1.29 is 4.79 Å². The molecule has 1 aromatic carbocycles. The van der Waals surface area contributed by atoms with Gasteiger partial charge in [-0.1, -0.05) is 13.0 Å². The molecule has 180 valence electrons. The van der Waals surface area contributed by atoms with E-state index in [2.05, 4.69) is 62.6 Å². The van der Waals surface area contributed by atoms with E-state index in [9.17, 15) is 4.79 Å². The molecule has 3 aromatic rings. The molecule has 2 aliphatic rings. The molecule has 0 unspecified atom stereocenters. The zero-order valence-corrected chi connectivity index (χ0v) is 20.7. The Bertz CT molecular complexity index is 1140. The van der Waals surface area contributed by atoms with Gasteiger partial charge in [0.2, 0.25) is 0 Å². The number of nitrogens with zero attached hydrogens (tertiary/aromatic N) is 6. The van der Waals surface area contributed by atoms with E-state index in [1.807, 2.05) is 24.3 Å². The summed E-state index contributed by atoms with van der Waals surface area (Å²) in [5.41, 5.74) is 5.42. The molecule has 0 spiro atoms. The zero-order chi connectivity index (χ0) is 23.7. The highest BCUT2D eigenvalue weighted by Gasteiger charge is 2.25. The number of hydrogen-bond donors (Lipinski definition) is 0. The van der Waals surface area contributed by atoms with E-state index in [4.69, 9.17) is 0 Å². The van der Waals surface area contributed by atoms with Gasteiger partial charge in [0.15, 0.2) is 0 Å². The lowest BCUT2D eigenvalue weighted by atomic mass is 9.89. The number of amides is 1. The maximum atomic E-state index is 13.2. The number of aryl methyl sites for hydroxylation is 2. The third-order valence-electron chi connectivity index (χ3n) is 7.64. The maximum absolute atomic E-state index is 13.2. The second-order valence-electron chi connectivity index (χ2n) is 9.91. The van der Waals surface area contributed by atoms with Crippen LogP contribution in [0, 0.1) is 0 Å². The van der Waals surface area contributed by atoms with Crippen LogP contribution in [0.3, 0.4) is 0 Å². The van der Waals surface area contributed by atoms with E-state index in [1.54, 1.807) is 0 Å². The van der Waals surface area contributed by atoms with Gasteiger partial charge in [0, 0.05) is 56.9 Å². The highest BCUT2D eigenvalue weighted by molar-refractivity contribution is 5.99. The van der Waals surface area contributed by atoms with Gasteiger partial charge in [-0.3, -0.25) is 19.7 Å². The van der Waals surface area contributed by atoms with Crippen LogP contribution in [0.2, 0.25) is 0 Å². The minimum absolute atomic E-state index is 0.150. The van der Waals surface area contributed by atoms with E-state index in [0.717, 1.165) is 87.7 Å². The molecule has 1 amide bonds. The molecule has 2 saturated heterocycles. The summed E-state index contributed by atoms with van der Waals surface area (Å²) >= 11 is 0. The van der Waals surface area contributed by atoms with Crippen molar-refractivity contribution in [3.63, 3.8) is 0 Å². The Kier molecular flexibility index (Phi) is 6.66. The molecule has 0 bridgehead atoms. The summed E-state index contributed by atoms with van der Waals surface area (Å²) < 4.78 is 2.06. The fourth-order valence-electron chi connectivity index (χ4n) is 5.30. The van der Waals surface area contributed by atoms with E-state index in [1.165, 1.54) is 10.9 Å². The van der Waals surface area contributed by atoms with Crippen molar-refractivity contribution in [1.82, 2.24) is 29.2 Å². The average molecular weight is 461 g/mol. The number of benzene rings is 1. The predicted octanol–water partition coefficient (Wildman–Crippen LogP) is 3.30. The molecule has 2 aromatic heterocycles. The number of carbonyl (C=O) groups is 1. The number of aromatic nitrogens is 3. The standard InChI is InChI=1S/C27H36N6O/c1-4-23-17-29-24(18-28-23)19-32-9-7-20(8-10-32)21-5-6-25-22(15-21)16-26(31(25)3)27(34)33-13-11-30(2)12-14-33/h5-6,15-18,20H,4,7-14,19H2,1-3H3. The number of piperidine rings is 1. The number of hydrogen-bond acceptors (Lipinski definition) is 5. The third-order valence-corrected chi connectivity index (χ3v) is 7.64. The predicted molar refractivity (Wildman–Crippen MR) is 135 cm³/mol. The molecule has 5 rings (SSSR count). The quantitative estimate of drug-likeness (QED) is 0.585. The molecule has 7 nitrogen and oxygen atoms in total. The lowest BCUT2D eigenvalue weighted by Crippen LogP contribution is -2.47. The molecule has 0 saturated carbocycles. The van der Waals surface area contributed by atoms with Crippen LogP contribution in [-0.2, 0) is 20.0 Å². The molecule has 4 heterocycles. The summed E-state index contributed by atoms with van der Waals surface area (Å²) in [6.45, 7) is 8.60. The Morgan fingerprint density at radius 1 is 0.941 bits per heavy atom. The van der Waals surface area contributed by atoms with Crippen LogP contribution in [0.1, 0.15) is 53.1 Å². The summed E-state index contributed by atoms with van der Waals surface area (Å²) in [4.78, 5) is 29.0. The van der Waals surface area contributed by atoms with Crippen molar-refractivity contribution in [3.8, 4) is 0 Å². The smallest absolute Gasteiger partial charge is 0.270 e. The van der Waals surface area contributed by atoms with Crippen molar-refractivity contribution in [1.29, 1.82) is 0 Å². The van der Waals surface area contributed by atoms with Gasteiger partial charge in [0.05, 0.1) is 17.6 Å². The first kappa shape index (κ1) is 23.0. The van der Waals surface area contributed by atoms with Crippen molar-refractivity contribution in [2.24, 2.45) is 7.05 Å². The highest BCUT2D eigenvalue weighted by atomic mass is 16.2. The third kappa shape index (κ3) is 4.72. The van der Waals surface area contributed by atoms with E-state index < -0.39 is 0 Å². The molecule has 34 heavy (non-hydrogen) atoms. The monoisotopic (exact) mass is 460 g/mol. The number of likely N-dealkylation sites (N-methyl/N-ethyl adjacent to an activating group) is 1. The molecule has 0 aliphatic carbocycles. The maximum Gasteiger partial charge on any atom is 0.270 e. The molecule has 2 aliphatic heterocycles. The molecule has 7 heteroatoms.